The molecule has 2 aliphatic carbocycles. The van der Waals surface area contributed by atoms with E-state index in [1.54, 1.807) is 12.1 Å². The van der Waals surface area contributed by atoms with Crippen LogP contribution >= 0.6 is 11.6 Å². The predicted octanol–water partition coefficient (Wildman–Crippen LogP) is 5.16. The Morgan fingerprint density at radius 3 is 2.48 bits per heavy atom. The lowest BCUT2D eigenvalue weighted by Crippen LogP contribution is -2.31. The number of nitro groups is 1. The lowest BCUT2D eigenvalue weighted by atomic mass is 9.71. The van der Waals surface area contributed by atoms with Crippen molar-refractivity contribution in [3.8, 4) is 0 Å². The van der Waals surface area contributed by atoms with Gasteiger partial charge in [-0.05, 0) is 50.0 Å². The van der Waals surface area contributed by atoms with Gasteiger partial charge in [0.2, 0.25) is 0 Å². The number of nitrogens with one attached hydrogen (secondary N) is 1. The Morgan fingerprint density at radius 1 is 1.19 bits per heavy atom. The predicted molar refractivity (Wildman–Crippen MR) is 84.9 cm³/mol. The first-order valence-electron chi connectivity index (χ1n) is 7.79. The number of halogens is 1. The van der Waals surface area contributed by atoms with E-state index in [0.717, 1.165) is 12.8 Å². The number of hydrogen-bond donors (Lipinski definition) is 1. The summed E-state index contributed by atoms with van der Waals surface area (Å²) in [5.74, 6) is 0. The second kappa shape index (κ2) is 5.84. The molecule has 0 saturated heterocycles. The van der Waals surface area contributed by atoms with Gasteiger partial charge >= 0.3 is 0 Å². The van der Waals surface area contributed by atoms with E-state index < -0.39 is 0 Å². The number of non-ortho nitro benzene ring substituents is 1. The van der Waals surface area contributed by atoms with Crippen molar-refractivity contribution < 1.29 is 4.92 Å². The van der Waals surface area contributed by atoms with Gasteiger partial charge in [-0.3, -0.25) is 10.1 Å². The summed E-state index contributed by atoms with van der Waals surface area (Å²) in [6.45, 7) is 0. The topological polar surface area (TPSA) is 55.2 Å². The van der Waals surface area contributed by atoms with Crippen LogP contribution in [0.1, 0.15) is 51.4 Å². The molecular weight excluding hydrogens is 288 g/mol. The summed E-state index contributed by atoms with van der Waals surface area (Å²) in [5.41, 5.74) is 1.38. The highest BCUT2D eigenvalue weighted by atomic mass is 35.5. The minimum atomic E-state index is -0.379. The maximum Gasteiger partial charge on any atom is 0.271 e. The monoisotopic (exact) mass is 308 g/mol. The zero-order chi connectivity index (χ0) is 14.9. The summed E-state index contributed by atoms with van der Waals surface area (Å²) in [6, 6.07) is 4.98. The summed E-state index contributed by atoms with van der Waals surface area (Å²) >= 11 is 6.16. The molecule has 1 spiro atoms. The first kappa shape index (κ1) is 14.6. The highest BCUT2D eigenvalue weighted by Crippen LogP contribution is 2.49. The molecule has 2 saturated carbocycles. The molecule has 0 aromatic heterocycles. The van der Waals surface area contributed by atoms with Crippen molar-refractivity contribution in [2.75, 3.05) is 5.32 Å². The average molecular weight is 309 g/mol. The van der Waals surface area contributed by atoms with Crippen LogP contribution in [0.2, 0.25) is 5.02 Å². The minimum absolute atomic E-state index is 0.0879. The van der Waals surface area contributed by atoms with Crippen molar-refractivity contribution in [2.24, 2.45) is 5.41 Å². The van der Waals surface area contributed by atoms with E-state index in [2.05, 4.69) is 5.32 Å². The van der Waals surface area contributed by atoms with E-state index >= 15 is 0 Å². The van der Waals surface area contributed by atoms with Crippen molar-refractivity contribution in [1.82, 2.24) is 0 Å². The third kappa shape index (κ3) is 3.15. The maximum absolute atomic E-state index is 10.9. The van der Waals surface area contributed by atoms with Crippen LogP contribution in [0.5, 0.6) is 0 Å². The zero-order valence-corrected chi connectivity index (χ0v) is 12.9. The molecule has 1 N–H and O–H groups in total. The van der Waals surface area contributed by atoms with Crippen LogP contribution in [0.25, 0.3) is 0 Å². The highest BCUT2D eigenvalue weighted by Gasteiger charge is 2.37. The fourth-order valence-electron chi connectivity index (χ4n) is 3.96. The molecular formula is C16H21ClN2O2. The Morgan fingerprint density at radius 2 is 1.86 bits per heavy atom. The molecule has 0 amide bonds. The van der Waals surface area contributed by atoms with Crippen molar-refractivity contribution in [1.29, 1.82) is 0 Å². The van der Waals surface area contributed by atoms with Gasteiger partial charge in [-0.1, -0.05) is 24.4 Å². The van der Waals surface area contributed by atoms with E-state index in [1.807, 2.05) is 0 Å². The lowest BCUT2D eigenvalue weighted by molar-refractivity contribution is -0.384. The molecule has 0 atom stereocenters. The number of anilines is 1. The van der Waals surface area contributed by atoms with Gasteiger partial charge in [0.15, 0.2) is 0 Å². The highest BCUT2D eigenvalue weighted by molar-refractivity contribution is 6.33. The molecule has 3 rings (SSSR count). The Bertz CT molecular complexity index is 531. The number of benzene rings is 1. The molecule has 0 bridgehead atoms. The van der Waals surface area contributed by atoms with Crippen LogP contribution in [0.3, 0.4) is 0 Å². The first-order valence-corrected chi connectivity index (χ1v) is 8.16. The summed E-state index contributed by atoms with van der Waals surface area (Å²) in [7, 11) is 0. The number of nitrogens with zero attached hydrogens (tertiary/aromatic N) is 1. The second-order valence-corrected chi connectivity index (χ2v) is 6.95. The van der Waals surface area contributed by atoms with Crippen LogP contribution < -0.4 is 5.32 Å². The van der Waals surface area contributed by atoms with Crippen molar-refractivity contribution >= 4 is 23.0 Å². The molecule has 0 unspecified atom stereocenters. The van der Waals surface area contributed by atoms with Gasteiger partial charge < -0.3 is 5.32 Å². The Hall–Kier alpha value is -1.29. The van der Waals surface area contributed by atoms with Gasteiger partial charge in [-0.15, -0.1) is 0 Å². The first-order chi connectivity index (χ1) is 10.1. The fourth-order valence-corrected chi connectivity index (χ4v) is 4.13. The fraction of sp³-hybridized carbons (Fsp3) is 0.625. The SMILES string of the molecule is O=[N+]([O-])c1ccc(Cl)c(NC2CCC3(CCCC3)CC2)c1. The second-order valence-electron chi connectivity index (χ2n) is 6.55. The molecule has 5 heteroatoms. The van der Waals surface area contributed by atoms with Gasteiger partial charge in [0, 0.05) is 18.2 Å². The number of rotatable bonds is 3. The van der Waals surface area contributed by atoms with Gasteiger partial charge in [0.1, 0.15) is 0 Å². The maximum atomic E-state index is 10.9. The van der Waals surface area contributed by atoms with Crippen molar-refractivity contribution in [3.63, 3.8) is 0 Å². The van der Waals surface area contributed by atoms with Crippen LogP contribution in [0.15, 0.2) is 18.2 Å². The Balaban J connectivity index is 1.65. The van der Waals surface area contributed by atoms with E-state index in [0.29, 0.717) is 22.2 Å². The third-order valence-corrected chi connectivity index (χ3v) is 5.56. The van der Waals surface area contributed by atoms with Gasteiger partial charge in [0.25, 0.3) is 5.69 Å². The summed E-state index contributed by atoms with van der Waals surface area (Å²) in [4.78, 5) is 10.5. The van der Waals surface area contributed by atoms with Gasteiger partial charge in [0.05, 0.1) is 15.6 Å². The lowest BCUT2D eigenvalue weighted by Gasteiger charge is -2.38. The van der Waals surface area contributed by atoms with E-state index in [-0.39, 0.29) is 10.6 Å². The van der Waals surface area contributed by atoms with Crippen molar-refractivity contribution in [2.45, 2.75) is 57.4 Å². The molecule has 1 aromatic rings. The molecule has 2 fully saturated rings. The smallest absolute Gasteiger partial charge is 0.271 e. The molecule has 0 heterocycles. The molecule has 0 radical (unpaired) electrons. The van der Waals surface area contributed by atoms with Gasteiger partial charge in [-0.2, -0.15) is 0 Å². The molecule has 1 aromatic carbocycles. The average Bonchev–Trinajstić information content (AvgIpc) is 2.92. The largest absolute Gasteiger partial charge is 0.381 e. The summed E-state index contributed by atoms with van der Waals surface area (Å²) < 4.78 is 0. The van der Waals surface area contributed by atoms with Crippen LogP contribution in [-0.4, -0.2) is 11.0 Å². The summed E-state index contributed by atoms with van der Waals surface area (Å²) in [6.07, 6.45) is 10.4. The quantitative estimate of drug-likeness (QED) is 0.619. The van der Waals surface area contributed by atoms with Crippen molar-refractivity contribution in [3.05, 3.63) is 33.3 Å². The third-order valence-electron chi connectivity index (χ3n) is 5.23. The normalized spacial score (nSPS) is 21.6. The van der Waals surface area contributed by atoms with Gasteiger partial charge in [-0.25, -0.2) is 0 Å². The molecule has 21 heavy (non-hydrogen) atoms. The van der Waals surface area contributed by atoms with Crippen LogP contribution in [0.4, 0.5) is 11.4 Å². The van der Waals surface area contributed by atoms with E-state index in [9.17, 15) is 10.1 Å². The van der Waals surface area contributed by atoms with Crippen LogP contribution in [-0.2, 0) is 0 Å². The minimum Gasteiger partial charge on any atom is -0.381 e. The Kier molecular flexibility index (Phi) is 4.07. The summed E-state index contributed by atoms with van der Waals surface area (Å²) in [5, 5.41) is 14.8. The van der Waals surface area contributed by atoms with E-state index in [4.69, 9.17) is 11.6 Å². The molecule has 0 aliphatic heterocycles. The Labute approximate surface area is 130 Å². The van der Waals surface area contributed by atoms with Crippen LogP contribution in [0, 0.1) is 15.5 Å². The van der Waals surface area contributed by atoms with E-state index in [1.165, 1.54) is 44.6 Å². The zero-order valence-electron chi connectivity index (χ0n) is 12.1. The molecule has 114 valence electrons. The molecule has 4 nitrogen and oxygen atoms in total. The number of hydrogen-bond acceptors (Lipinski definition) is 3. The number of nitro benzene ring substituents is 1. The standard InChI is InChI=1S/C16H21ClN2O2/c17-14-4-3-13(19(20)21)11-15(14)18-12-5-9-16(10-6-12)7-1-2-8-16/h3-4,11-12,18H,1-2,5-10H2. The molecule has 2 aliphatic rings.